The molecule has 0 saturated carbocycles. The van der Waals surface area contributed by atoms with Crippen LogP contribution in [-0.2, 0) is 14.6 Å². The first-order chi connectivity index (χ1) is 9.51. The minimum atomic E-state index is -4.13. The van der Waals surface area contributed by atoms with Gasteiger partial charge in [-0.3, -0.25) is 14.7 Å². The first-order valence-corrected chi connectivity index (χ1v) is 7.98. The molecule has 0 aliphatic rings. The quantitative estimate of drug-likeness (QED) is 0.478. The Balaban J connectivity index is 2.70. The van der Waals surface area contributed by atoms with E-state index in [1.54, 1.807) is 20.8 Å². The maximum Gasteiger partial charge on any atom is 0.433 e. The van der Waals surface area contributed by atoms with Crippen molar-refractivity contribution in [3.63, 3.8) is 0 Å². The van der Waals surface area contributed by atoms with E-state index in [1.165, 1.54) is 10.6 Å². The van der Waals surface area contributed by atoms with Crippen LogP contribution in [0.5, 0.6) is 0 Å². The molecule has 2 heterocycles. The summed E-state index contributed by atoms with van der Waals surface area (Å²) in [6, 6.07) is 2.46. The molecular weight excluding hydrogens is 324 g/mol. The zero-order valence-corrected chi connectivity index (χ0v) is 12.8. The van der Waals surface area contributed by atoms with Gasteiger partial charge in [-0.15, -0.1) is 10.2 Å². The Bertz CT molecular complexity index is 802. The van der Waals surface area contributed by atoms with E-state index < -0.39 is 30.6 Å². The molecule has 0 spiro atoms. The summed E-state index contributed by atoms with van der Waals surface area (Å²) < 4.78 is 29.4. The van der Waals surface area contributed by atoms with Crippen molar-refractivity contribution < 1.29 is 17.8 Å². The van der Waals surface area contributed by atoms with Gasteiger partial charge in [-0.1, -0.05) is 0 Å². The van der Waals surface area contributed by atoms with Crippen molar-refractivity contribution in [2.75, 3.05) is 0 Å². The van der Waals surface area contributed by atoms with Crippen LogP contribution in [-0.4, -0.2) is 28.1 Å². The molecule has 0 aromatic carbocycles. The fraction of sp³-hybridized carbons (Fsp3) is 0.400. The Morgan fingerprint density at radius 3 is 2.38 bits per heavy atom. The van der Waals surface area contributed by atoms with E-state index >= 15 is 0 Å². The number of nitrogens with zero attached hydrogens (tertiary/aromatic N) is 4. The summed E-state index contributed by atoms with van der Waals surface area (Å²) in [5, 5.41) is 17.5. The summed E-state index contributed by atoms with van der Waals surface area (Å²) in [5.41, 5.74) is -0.738. The highest BCUT2D eigenvalue weighted by Crippen LogP contribution is 2.31. The summed E-state index contributed by atoms with van der Waals surface area (Å²) in [7, 11) is 1.21. The van der Waals surface area contributed by atoms with E-state index in [2.05, 4.69) is 10.2 Å². The summed E-state index contributed by atoms with van der Waals surface area (Å²) in [4.78, 5) is 9.94. The average Bonchev–Trinajstić information content (AvgIpc) is 2.93. The van der Waals surface area contributed by atoms with E-state index in [0.29, 0.717) is 0 Å². The minimum Gasteiger partial charge on any atom is -0.397 e. The molecule has 9 nitrogen and oxygen atoms in total. The number of furan rings is 1. The molecule has 114 valence electrons. The standard InChI is InChI=1S/C10H11ClN4O5S/c1-10(2,3)14-8(12-13-9(14)21(11,18)19)6-4-5-7(20-6)15(16)17/h4-5H,1-3H3. The van der Waals surface area contributed by atoms with Crippen LogP contribution in [0.1, 0.15) is 20.8 Å². The first-order valence-electron chi connectivity index (χ1n) is 5.67. The lowest BCUT2D eigenvalue weighted by Gasteiger charge is -2.23. The molecule has 0 radical (unpaired) electrons. The first kappa shape index (κ1) is 15.4. The number of halogens is 1. The maximum absolute atomic E-state index is 11.6. The Hall–Kier alpha value is -1.94. The molecule has 2 aromatic heterocycles. The lowest BCUT2D eigenvalue weighted by molar-refractivity contribution is -0.401. The van der Waals surface area contributed by atoms with Crippen LogP contribution in [0.3, 0.4) is 0 Å². The minimum absolute atomic E-state index is 0.0238. The maximum atomic E-state index is 11.6. The highest BCUT2D eigenvalue weighted by molar-refractivity contribution is 8.13. The van der Waals surface area contributed by atoms with Gasteiger partial charge >= 0.3 is 5.88 Å². The third kappa shape index (κ3) is 2.90. The number of aromatic nitrogens is 3. The summed E-state index contributed by atoms with van der Waals surface area (Å²) in [5.74, 6) is -0.422. The molecule has 0 unspecified atom stereocenters. The largest absolute Gasteiger partial charge is 0.433 e. The molecule has 0 N–H and O–H groups in total. The zero-order chi connectivity index (χ0) is 16.0. The molecule has 2 rings (SSSR count). The van der Waals surface area contributed by atoms with E-state index in [4.69, 9.17) is 15.1 Å². The lowest BCUT2D eigenvalue weighted by Crippen LogP contribution is -2.25. The molecule has 2 aromatic rings. The number of rotatable bonds is 3. The predicted octanol–water partition coefficient (Wildman–Crippen LogP) is 2.13. The molecule has 0 saturated heterocycles. The molecular formula is C10H11ClN4O5S. The molecule has 0 bridgehead atoms. The molecule has 0 fully saturated rings. The van der Waals surface area contributed by atoms with Gasteiger partial charge in [-0.05, 0) is 26.8 Å². The number of hydrogen-bond donors (Lipinski definition) is 0. The van der Waals surface area contributed by atoms with E-state index in [1.807, 2.05) is 0 Å². The Morgan fingerprint density at radius 2 is 1.95 bits per heavy atom. The van der Waals surface area contributed by atoms with Crippen molar-refractivity contribution >= 4 is 25.6 Å². The van der Waals surface area contributed by atoms with Gasteiger partial charge in [-0.2, -0.15) is 0 Å². The van der Waals surface area contributed by atoms with Gasteiger partial charge in [0, 0.05) is 16.2 Å². The Labute approximate surface area is 124 Å². The second-order valence-corrected chi connectivity index (χ2v) is 7.60. The highest BCUT2D eigenvalue weighted by Gasteiger charge is 2.31. The monoisotopic (exact) mass is 334 g/mol. The van der Waals surface area contributed by atoms with Crippen LogP contribution in [0, 0.1) is 10.1 Å². The van der Waals surface area contributed by atoms with Crippen LogP contribution < -0.4 is 0 Å². The molecule has 0 amide bonds. The molecule has 11 heteroatoms. The van der Waals surface area contributed by atoms with Crippen LogP contribution in [0.2, 0.25) is 0 Å². The van der Waals surface area contributed by atoms with Crippen molar-refractivity contribution in [3.8, 4) is 11.6 Å². The second kappa shape index (κ2) is 4.81. The second-order valence-electron chi connectivity index (χ2n) is 5.15. The van der Waals surface area contributed by atoms with Gasteiger partial charge in [0.25, 0.3) is 14.2 Å². The van der Waals surface area contributed by atoms with E-state index in [9.17, 15) is 18.5 Å². The van der Waals surface area contributed by atoms with Crippen molar-refractivity contribution in [1.82, 2.24) is 14.8 Å². The zero-order valence-electron chi connectivity index (χ0n) is 11.3. The van der Waals surface area contributed by atoms with Crippen LogP contribution >= 0.6 is 10.7 Å². The average molecular weight is 335 g/mol. The summed E-state index contributed by atoms with van der Waals surface area (Å²) in [6.07, 6.45) is 0. The smallest absolute Gasteiger partial charge is 0.397 e. The molecule has 21 heavy (non-hydrogen) atoms. The van der Waals surface area contributed by atoms with E-state index in [0.717, 1.165) is 6.07 Å². The Morgan fingerprint density at radius 1 is 1.33 bits per heavy atom. The third-order valence-corrected chi connectivity index (χ3v) is 3.63. The van der Waals surface area contributed by atoms with Gasteiger partial charge in [0.15, 0.2) is 5.76 Å². The summed E-state index contributed by atoms with van der Waals surface area (Å²) >= 11 is 0. The molecule has 0 aliphatic carbocycles. The number of hydrogen-bond acceptors (Lipinski definition) is 7. The van der Waals surface area contributed by atoms with Crippen molar-refractivity contribution in [1.29, 1.82) is 0 Å². The van der Waals surface area contributed by atoms with Crippen LogP contribution in [0.15, 0.2) is 21.7 Å². The fourth-order valence-corrected chi connectivity index (χ4v) is 2.75. The molecule has 0 atom stereocenters. The van der Waals surface area contributed by atoms with E-state index in [-0.39, 0.29) is 11.6 Å². The van der Waals surface area contributed by atoms with Gasteiger partial charge in [-0.25, -0.2) is 8.42 Å². The van der Waals surface area contributed by atoms with Gasteiger partial charge in [0.2, 0.25) is 5.82 Å². The van der Waals surface area contributed by atoms with Crippen molar-refractivity contribution in [2.45, 2.75) is 31.5 Å². The van der Waals surface area contributed by atoms with Crippen molar-refractivity contribution in [3.05, 3.63) is 22.2 Å². The highest BCUT2D eigenvalue weighted by atomic mass is 35.7. The van der Waals surface area contributed by atoms with Gasteiger partial charge < -0.3 is 4.42 Å². The van der Waals surface area contributed by atoms with Crippen LogP contribution in [0.25, 0.3) is 11.6 Å². The fourth-order valence-electron chi connectivity index (χ4n) is 1.74. The third-order valence-electron chi connectivity index (χ3n) is 2.51. The summed E-state index contributed by atoms with van der Waals surface area (Å²) in [6.45, 7) is 5.13. The van der Waals surface area contributed by atoms with Crippen molar-refractivity contribution in [2.24, 2.45) is 0 Å². The predicted molar refractivity (Wildman–Crippen MR) is 72.4 cm³/mol. The number of nitro groups is 1. The Kier molecular flexibility index (Phi) is 3.54. The van der Waals surface area contributed by atoms with Gasteiger partial charge in [0.05, 0.1) is 6.07 Å². The van der Waals surface area contributed by atoms with Gasteiger partial charge in [0.1, 0.15) is 4.92 Å². The normalized spacial score (nSPS) is 12.6. The molecule has 0 aliphatic heterocycles. The topological polar surface area (TPSA) is 121 Å². The lowest BCUT2D eigenvalue weighted by atomic mass is 10.1. The SMILES string of the molecule is CC(C)(C)n1c(-c2ccc([N+](=O)[O-])o2)nnc1S(=O)(=O)Cl. The van der Waals surface area contributed by atoms with Crippen LogP contribution in [0.4, 0.5) is 5.88 Å².